The SMILES string of the molecule is O=C(c1nn(Cc2ccccc2)c(=O)c2ccccc12)N1CCCSC1=Nc1ccccc1. The number of hydrogen-bond acceptors (Lipinski definition) is 5. The van der Waals surface area contributed by atoms with E-state index in [9.17, 15) is 9.59 Å². The minimum Gasteiger partial charge on any atom is -0.286 e. The quantitative estimate of drug-likeness (QED) is 0.448. The lowest BCUT2D eigenvalue weighted by molar-refractivity contribution is 0.0843. The van der Waals surface area contributed by atoms with Gasteiger partial charge in [-0.2, -0.15) is 5.10 Å². The number of carbonyl (C=O) groups excluding carboxylic acids is 1. The molecule has 0 N–H and O–H groups in total. The van der Waals surface area contributed by atoms with Crippen molar-refractivity contribution >= 4 is 39.3 Å². The van der Waals surface area contributed by atoms with E-state index in [0.29, 0.717) is 29.0 Å². The number of nitrogens with zero attached hydrogens (tertiary/aromatic N) is 4. The highest BCUT2D eigenvalue weighted by molar-refractivity contribution is 8.13. The third-order valence-corrected chi connectivity index (χ3v) is 6.52. The van der Waals surface area contributed by atoms with Crippen LogP contribution in [-0.2, 0) is 6.54 Å². The number of aromatic nitrogens is 2. The lowest BCUT2D eigenvalue weighted by Gasteiger charge is -2.28. The molecule has 1 amide bonds. The largest absolute Gasteiger partial charge is 0.286 e. The van der Waals surface area contributed by atoms with Gasteiger partial charge in [0, 0.05) is 17.7 Å². The van der Waals surface area contributed by atoms with Crippen LogP contribution in [0.4, 0.5) is 5.69 Å². The molecule has 33 heavy (non-hydrogen) atoms. The molecule has 2 heterocycles. The Morgan fingerprint density at radius 3 is 2.33 bits per heavy atom. The molecule has 7 heteroatoms. The summed E-state index contributed by atoms with van der Waals surface area (Å²) < 4.78 is 1.38. The van der Waals surface area contributed by atoms with Crippen molar-refractivity contribution in [1.29, 1.82) is 0 Å². The van der Waals surface area contributed by atoms with Gasteiger partial charge in [0.1, 0.15) is 0 Å². The molecule has 0 saturated carbocycles. The summed E-state index contributed by atoms with van der Waals surface area (Å²) in [5.74, 6) is 0.659. The summed E-state index contributed by atoms with van der Waals surface area (Å²) in [5.41, 5.74) is 1.80. The van der Waals surface area contributed by atoms with E-state index in [2.05, 4.69) is 5.10 Å². The van der Waals surface area contributed by atoms with E-state index in [0.717, 1.165) is 23.4 Å². The Morgan fingerprint density at radius 1 is 0.909 bits per heavy atom. The summed E-state index contributed by atoms with van der Waals surface area (Å²) in [7, 11) is 0. The number of hydrogen-bond donors (Lipinski definition) is 0. The minimum absolute atomic E-state index is 0.211. The van der Waals surface area contributed by atoms with Crippen molar-refractivity contribution in [3.8, 4) is 0 Å². The molecule has 0 unspecified atom stereocenters. The van der Waals surface area contributed by atoms with Crippen LogP contribution in [-0.4, -0.2) is 38.1 Å². The van der Waals surface area contributed by atoms with Gasteiger partial charge in [-0.25, -0.2) is 9.67 Å². The molecular formula is C26H22N4O2S. The van der Waals surface area contributed by atoms with E-state index in [4.69, 9.17) is 4.99 Å². The summed E-state index contributed by atoms with van der Waals surface area (Å²) in [6.45, 7) is 0.857. The molecule has 6 nitrogen and oxygen atoms in total. The first-order chi connectivity index (χ1) is 16.2. The van der Waals surface area contributed by atoms with Gasteiger partial charge in [-0.3, -0.25) is 14.5 Å². The zero-order valence-corrected chi connectivity index (χ0v) is 18.7. The predicted molar refractivity (Wildman–Crippen MR) is 133 cm³/mol. The van der Waals surface area contributed by atoms with Crippen LogP contribution in [0, 0.1) is 0 Å². The molecule has 0 radical (unpaired) electrons. The number of para-hydroxylation sites is 1. The van der Waals surface area contributed by atoms with Crippen molar-refractivity contribution in [2.45, 2.75) is 13.0 Å². The maximum atomic E-state index is 13.8. The van der Waals surface area contributed by atoms with Gasteiger partial charge in [-0.1, -0.05) is 78.5 Å². The Balaban J connectivity index is 1.59. The molecule has 0 bridgehead atoms. The highest BCUT2D eigenvalue weighted by atomic mass is 32.2. The number of benzene rings is 3. The van der Waals surface area contributed by atoms with Crippen molar-refractivity contribution in [2.24, 2.45) is 4.99 Å². The van der Waals surface area contributed by atoms with Gasteiger partial charge in [-0.05, 0) is 30.2 Å². The lowest BCUT2D eigenvalue weighted by Crippen LogP contribution is -2.40. The van der Waals surface area contributed by atoms with Crippen LogP contribution in [0.25, 0.3) is 10.8 Å². The molecule has 1 aliphatic heterocycles. The molecule has 0 spiro atoms. The molecular weight excluding hydrogens is 432 g/mol. The van der Waals surface area contributed by atoms with Crippen LogP contribution < -0.4 is 5.56 Å². The molecule has 3 aromatic carbocycles. The van der Waals surface area contributed by atoms with E-state index in [1.54, 1.807) is 28.8 Å². The van der Waals surface area contributed by atoms with Gasteiger partial charge in [-0.15, -0.1) is 0 Å². The Morgan fingerprint density at radius 2 is 1.58 bits per heavy atom. The molecule has 5 rings (SSSR count). The van der Waals surface area contributed by atoms with Gasteiger partial charge in [0.2, 0.25) is 0 Å². The second kappa shape index (κ2) is 9.42. The van der Waals surface area contributed by atoms with Gasteiger partial charge >= 0.3 is 0 Å². The van der Waals surface area contributed by atoms with Crippen molar-refractivity contribution in [3.05, 3.63) is 107 Å². The molecule has 0 aliphatic carbocycles. The first kappa shape index (κ1) is 21.2. The number of amidine groups is 1. The smallest absolute Gasteiger partial charge is 0.280 e. The normalized spacial score (nSPS) is 15.2. The van der Waals surface area contributed by atoms with Gasteiger partial charge < -0.3 is 0 Å². The average molecular weight is 455 g/mol. The standard InChI is InChI=1S/C26H22N4O2S/c31-24-22-15-8-7-14-21(22)23(28-30(24)18-19-10-3-1-4-11-19)25(32)29-16-9-17-33-26(29)27-20-12-5-2-6-13-20/h1-8,10-15H,9,16-18H2. The highest BCUT2D eigenvalue weighted by Gasteiger charge is 2.28. The van der Waals surface area contributed by atoms with Crippen molar-refractivity contribution in [1.82, 2.24) is 14.7 Å². The number of amides is 1. The maximum absolute atomic E-state index is 13.8. The minimum atomic E-state index is -0.241. The molecule has 1 fully saturated rings. The molecule has 1 aromatic heterocycles. The van der Waals surface area contributed by atoms with E-state index in [1.807, 2.05) is 72.8 Å². The molecule has 0 atom stereocenters. The second-order valence-electron chi connectivity index (χ2n) is 7.73. The fourth-order valence-electron chi connectivity index (χ4n) is 3.84. The van der Waals surface area contributed by atoms with E-state index in [1.165, 1.54) is 4.68 Å². The van der Waals surface area contributed by atoms with Crippen molar-refractivity contribution in [3.63, 3.8) is 0 Å². The van der Waals surface area contributed by atoms with Crippen LogP contribution in [0.3, 0.4) is 0 Å². The number of fused-ring (bicyclic) bond motifs is 1. The maximum Gasteiger partial charge on any atom is 0.280 e. The van der Waals surface area contributed by atoms with E-state index >= 15 is 0 Å². The summed E-state index contributed by atoms with van der Waals surface area (Å²) >= 11 is 1.56. The van der Waals surface area contributed by atoms with Crippen molar-refractivity contribution in [2.75, 3.05) is 12.3 Å². The fraction of sp³-hybridized carbons (Fsp3) is 0.154. The first-order valence-electron chi connectivity index (χ1n) is 10.8. The molecule has 1 saturated heterocycles. The summed E-state index contributed by atoms with van der Waals surface area (Å²) in [6, 6.07) is 26.4. The Kier molecular flexibility index (Phi) is 6.04. The van der Waals surface area contributed by atoms with Gasteiger partial charge in [0.25, 0.3) is 11.5 Å². The third-order valence-electron chi connectivity index (χ3n) is 5.46. The van der Waals surface area contributed by atoms with Crippen LogP contribution in [0.1, 0.15) is 22.5 Å². The first-order valence-corrected chi connectivity index (χ1v) is 11.8. The summed E-state index contributed by atoms with van der Waals surface area (Å²) in [5, 5.41) is 6.26. The fourth-order valence-corrected chi connectivity index (χ4v) is 4.79. The number of thioether (sulfide) groups is 1. The highest BCUT2D eigenvalue weighted by Crippen LogP contribution is 2.25. The summed E-state index contributed by atoms with van der Waals surface area (Å²) in [6.07, 6.45) is 0.867. The van der Waals surface area contributed by atoms with E-state index < -0.39 is 0 Å². The van der Waals surface area contributed by atoms with Crippen LogP contribution >= 0.6 is 11.8 Å². The average Bonchev–Trinajstić information content (AvgIpc) is 2.87. The lowest BCUT2D eigenvalue weighted by atomic mass is 10.1. The van der Waals surface area contributed by atoms with Gasteiger partial charge in [0.05, 0.1) is 17.6 Å². The van der Waals surface area contributed by atoms with E-state index in [-0.39, 0.29) is 17.2 Å². The zero-order valence-electron chi connectivity index (χ0n) is 17.9. The number of carbonyl (C=O) groups is 1. The number of rotatable bonds is 4. The van der Waals surface area contributed by atoms with Crippen LogP contribution in [0.15, 0.2) is 94.7 Å². The van der Waals surface area contributed by atoms with Crippen molar-refractivity contribution < 1.29 is 4.79 Å². The molecule has 164 valence electrons. The third kappa shape index (κ3) is 4.45. The zero-order chi connectivity index (χ0) is 22.6. The topological polar surface area (TPSA) is 67.6 Å². The molecule has 4 aromatic rings. The Labute approximate surface area is 195 Å². The Hall–Kier alpha value is -3.71. The van der Waals surface area contributed by atoms with Gasteiger partial charge in [0.15, 0.2) is 10.9 Å². The van der Waals surface area contributed by atoms with Crippen LogP contribution in [0.5, 0.6) is 0 Å². The molecule has 1 aliphatic rings. The second-order valence-corrected chi connectivity index (χ2v) is 8.79. The predicted octanol–water partition coefficient (Wildman–Crippen LogP) is 4.71. The number of aliphatic imine (C=N–C) groups is 1. The van der Waals surface area contributed by atoms with Crippen LogP contribution in [0.2, 0.25) is 0 Å². The monoisotopic (exact) mass is 454 g/mol. The Bertz CT molecular complexity index is 1380. The summed E-state index contributed by atoms with van der Waals surface area (Å²) in [4.78, 5) is 33.3.